The average molecular weight is 363 g/mol. The van der Waals surface area contributed by atoms with Crippen molar-refractivity contribution in [2.45, 2.75) is 39.2 Å². The van der Waals surface area contributed by atoms with E-state index in [1.54, 1.807) is 6.20 Å². The van der Waals surface area contributed by atoms with Gasteiger partial charge in [0.05, 0.1) is 23.6 Å². The fourth-order valence-electron chi connectivity index (χ4n) is 3.51. The van der Waals surface area contributed by atoms with E-state index in [2.05, 4.69) is 52.4 Å². The normalized spacial score (nSPS) is 15.0. The molecule has 1 N–H and O–H groups in total. The van der Waals surface area contributed by atoms with Gasteiger partial charge in [-0.05, 0) is 49.4 Å². The van der Waals surface area contributed by atoms with Crippen molar-refractivity contribution in [1.82, 2.24) is 19.7 Å². The van der Waals surface area contributed by atoms with Gasteiger partial charge in [0.25, 0.3) is 0 Å². The third-order valence-corrected chi connectivity index (χ3v) is 5.10. The maximum Gasteiger partial charge on any atom is 0.227 e. The maximum absolute atomic E-state index is 5.42. The predicted octanol–water partition coefficient (Wildman–Crippen LogP) is 4.31. The predicted molar refractivity (Wildman–Crippen MR) is 106 cm³/mol. The molecule has 1 aliphatic rings. The van der Waals surface area contributed by atoms with Gasteiger partial charge in [0, 0.05) is 31.2 Å². The first-order valence-corrected chi connectivity index (χ1v) is 9.55. The molecule has 6 heteroatoms. The smallest absolute Gasteiger partial charge is 0.227 e. The summed E-state index contributed by atoms with van der Waals surface area (Å²) in [5.74, 6) is 0.580. The lowest BCUT2D eigenvalue weighted by Gasteiger charge is -2.22. The summed E-state index contributed by atoms with van der Waals surface area (Å²) in [6.45, 7) is 5.92. The van der Waals surface area contributed by atoms with E-state index >= 15 is 0 Å². The molecule has 4 rings (SSSR count). The fourth-order valence-corrected chi connectivity index (χ4v) is 3.51. The van der Waals surface area contributed by atoms with Gasteiger partial charge in [-0.3, -0.25) is 4.68 Å². The van der Waals surface area contributed by atoms with Crippen molar-refractivity contribution < 1.29 is 4.74 Å². The standard InChI is InChI=1S/C21H25N5O/c1-3-16-4-5-17(12-15(16)2)20-6-9-22-21(25-20)24-18-13-23-26(14-18)19-7-10-27-11-8-19/h4-6,9,12-14,19H,3,7-8,10-11H2,1-2H3,(H,22,24,25). The van der Waals surface area contributed by atoms with Crippen molar-refractivity contribution in [3.63, 3.8) is 0 Å². The van der Waals surface area contributed by atoms with Crippen LogP contribution in [0.3, 0.4) is 0 Å². The van der Waals surface area contributed by atoms with Gasteiger partial charge in [-0.15, -0.1) is 0 Å². The van der Waals surface area contributed by atoms with Crippen molar-refractivity contribution >= 4 is 11.6 Å². The van der Waals surface area contributed by atoms with E-state index in [0.717, 1.165) is 49.4 Å². The van der Waals surface area contributed by atoms with Crippen LogP contribution in [0, 0.1) is 6.92 Å². The van der Waals surface area contributed by atoms with Crippen LogP contribution < -0.4 is 5.32 Å². The van der Waals surface area contributed by atoms with Gasteiger partial charge < -0.3 is 10.1 Å². The lowest BCUT2D eigenvalue weighted by atomic mass is 10.0. The molecular weight excluding hydrogens is 338 g/mol. The van der Waals surface area contributed by atoms with Gasteiger partial charge in [0.2, 0.25) is 5.95 Å². The number of nitrogens with zero attached hydrogens (tertiary/aromatic N) is 4. The van der Waals surface area contributed by atoms with Gasteiger partial charge in [-0.1, -0.05) is 19.1 Å². The molecule has 0 atom stereocenters. The minimum absolute atomic E-state index is 0.404. The lowest BCUT2D eigenvalue weighted by molar-refractivity contribution is 0.0662. The van der Waals surface area contributed by atoms with Crippen LogP contribution in [0.1, 0.15) is 36.9 Å². The van der Waals surface area contributed by atoms with E-state index in [1.807, 2.05) is 23.1 Å². The monoisotopic (exact) mass is 363 g/mol. The molecule has 140 valence electrons. The SMILES string of the molecule is CCc1ccc(-c2ccnc(Nc3cnn(C4CCOCC4)c3)n2)cc1C. The fraction of sp³-hybridized carbons (Fsp3) is 0.381. The molecule has 6 nitrogen and oxygen atoms in total. The number of rotatable bonds is 5. The van der Waals surface area contributed by atoms with E-state index in [4.69, 9.17) is 4.74 Å². The minimum Gasteiger partial charge on any atom is -0.381 e. The van der Waals surface area contributed by atoms with Crippen LogP contribution in [0.2, 0.25) is 0 Å². The Kier molecular flexibility index (Phi) is 5.16. The molecular formula is C21H25N5O. The highest BCUT2D eigenvalue weighted by Gasteiger charge is 2.16. The van der Waals surface area contributed by atoms with Crippen LogP contribution in [0.4, 0.5) is 11.6 Å². The second-order valence-corrected chi connectivity index (χ2v) is 6.94. The summed E-state index contributed by atoms with van der Waals surface area (Å²) in [6, 6.07) is 8.84. The summed E-state index contributed by atoms with van der Waals surface area (Å²) in [4.78, 5) is 9.04. The zero-order valence-electron chi connectivity index (χ0n) is 15.9. The van der Waals surface area contributed by atoms with Crippen LogP contribution in [0.5, 0.6) is 0 Å². The van der Waals surface area contributed by atoms with E-state index in [-0.39, 0.29) is 0 Å². The Morgan fingerprint density at radius 1 is 1.22 bits per heavy atom. The van der Waals surface area contributed by atoms with Crippen LogP contribution in [-0.2, 0) is 11.2 Å². The van der Waals surface area contributed by atoms with Gasteiger partial charge >= 0.3 is 0 Å². The summed E-state index contributed by atoms with van der Waals surface area (Å²) < 4.78 is 7.44. The van der Waals surface area contributed by atoms with Crippen LogP contribution in [-0.4, -0.2) is 33.0 Å². The van der Waals surface area contributed by atoms with Gasteiger partial charge in [-0.2, -0.15) is 5.10 Å². The Hall–Kier alpha value is -2.73. The van der Waals surface area contributed by atoms with E-state index in [9.17, 15) is 0 Å². The number of nitrogens with one attached hydrogen (secondary N) is 1. The van der Waals surface area contributed by atoms with E-state index in [0.29, 0.717) is 12.0 Å². The highest BCUT2D eigenvalue weighted by Crippen LogP contribution is 2.24. The molecule has 1 aromatic carbocycles. The number of benzene rings is 1. The molecule has 0 amide bonds. The Labute approximate surface area is 159 Å². The van der Waals surface area contributed by atoms with Crippen LogP contribution >= 0.6 is 0 Å². The van der Waals surface area contributed by atoms with Gasteiger partial charge in [-0.25, -0.2) is 9.97 Å². The largest absolute Gasteiger partial charge is 0.381 e. The van der Waals surface area contributed by atoms with Crippen molar-refractivity contribution in [2.24, 2.45) is 0 Å². The summed E-state index contributed by atoms with van der Waals surface area (Å²) in [5, 5.41) is 7.76. The Morgan fingerprint density at radius 3 is 2.85 bits per heavy atom. The Balaban J connectivity index is 1.51. The van der Waals surface area contributed by atoms with Crippen molar-refractivity contribution in [2.75, 3.05) is 18.5 Å². The molecule has 0 saturated carbocycles. The molecule has 1 aliphatic heterocycles. The zero-order chi connectivity index (χ0) is 18.6. The molecule has 0 aliphatic carbocycles. The van der Waals surface area contributed by atoms with Crippen LogP contribution in [0.25, 0.3) is 11.3 Å². The molecule has 3 aromatic rings. The first-order chi connectivity index (χ1) is 13.2. The van der Waals surface area contributed by atoms with Gasteiger partial charge in [0.15, 0.2) is 0 Å². The molecule has 3 heterocycles. The maximum atomic E-state index is 5.42. The second kappa shape index (κ2) is 7.88. The third kappa shape index (κ3) is 4.01. The summed E-state index contributed by atoms with van der Waals surface area (Å²) in [5.41, 5.74) is 5.58. The summed E-state index contributed by atoms with van der Waals surface area (Å²) in [7, 11) is 0. The number of ether oxygens (including phenoxy) is 1. The Bertz CT molecular complexity index is 914. The number of hydrogen-bond acceptors (Lipinski definition) is 5. The number of hydrogen-bond donors (Lipinski definition) is 1. The molecule has 2 aromatic heterocycles. The number of aromatic nitrogens is 4. The topological polar surface area (TPSA) is 64.9 Å². The highest BCUT2D eigenvalue weighted by molar-refractivity contribution is 5.63. The van der Waals surface area contributed by atoms with E-state index < -0.39 is 0 Å². The Morgan fingerprint density at radius 2 is 2.07 bits per heavy atom. The third-order valence-electron chi connectivity index (χ3n) is 5.10. The molecule has 1 fully saturated rings. The molecule has 0 unspecified atom stereocenters. The first-order valence-electron chi connectivity index (χ1n) is 9.55. The van der Waals surface area contributed by atoms with Crippen LogP contribution in [0.15, 0.2) is 42.9 Å². The minimum atomic E-state index is 0.404. The van der Waals surface area contributed by atoms with Gasteiger partial charge in [0.1, 0.15) is 0 Å². The van der Waals surface area contributed by atoms with Crippen molar-refractivity contribution in [3.8, 4) is 11.3 Å². The molecule has 1 saturated heterocycles. The summed E-state index contributed by atoms with van der Waals surface area (Å²) >= 11 is 0. The number of anilines is 2. The second-order valence-electron chi connectivity index (χ2n) is 6.94. The summed E-state index contributed by atoms with van der Waals surface area (Å²) in [6.07, 6.45) is 8.68. The lowest BCUT2D eigenvalue weighted by Crippen LogP contribution is -2.19. The quantitative estimate of drug-likeness (QED) is 0.732. The average Bonchev–Trinajstić information content (AvgIpc) is 3.17. The molecule has 0 radical (unpaired) electrons. The molecule has 0 bridgehead atoms. The van der Waals surface area contributed by atoms with Crippen molar-refractivity contribution in [1.29, 1.82) is 0 Å². The van der Waals surface area contributed by atoms with Crippen molar-refractivity contribution in [3.05, 3.63) is 54.0 Å². The van der Waals surface area contributed by atoms with E-state index in [1.165, 1.54) is 11.1 Å². The molecule has 0 spiro atoms. The highest BCUT2D eigenvalue weighted by atomic mass is 16.5. The zero-order valence-corrected chi connectivity index (χ0v) is 15.9. The first kappa shape index (κ1) is 17.7. The number of aryl methyl sites for hydroxylation is 2. The molecule has 27 heavy (non-hydrogen) atoms.